The van der Waals surface area contributed by atoms with Crippen LogP contribution in [-0.2, 0) is 4.74 Å². The molecule has 0 aliphatic carbocycles. The third-order valence-corrected chi connectivity index (χ3v) is 3.20. The van der Waals surface area contributed by atoms with E-state index in [0.717, 1.165) is 32.2 Å². The smallest absolute Gasteiger partial charge is 0.410 e. The highest BCUT2D eigenvalue weighted by Gasteiger charge is 2.27. The summed E-state index contributed by atoms with van der Waals surface area (Å²) in [5.41, 5.74) is 0. The van der Waals surface area contributed by atoms with Crippen LogP contribution in [0.5, 0.6) is 0 Å². The van der Waals surface area contributed by atoms with Crippen LogP contribution in [-0.4, -0.2) is 41.4 Å². The number of aliphatic hydroxyl groups is 1. The molecule has 1 heterocycles. The molecule has 16 heavy (non-hydrogen) atoms. The number of piperidine rings is 1. The molecule has 2 atom stereocenters. The minimum absolute atomic E-state index is 0.0239. The summed E-state index contributed by atoms with van der Waals surface area (Å²) < 4.78 is 5.32. The van der Waals surface area contributed by atoms with Gasteiger partial charge in [-0.3, -0.25) is 0 Å². The van der Waals surface area contributed by atoms with Crippen LogP contribution in [0, 0.1) is 0 Å². The van der Waals surface area contributed by atoms with Crippen molar-refractivity contribution in [3.05, 3.63) is 0 Å². The average Bonchev–Trinajstić information content (AvgIpc) is 2.30. The second-order valence-corrected chi connectivity index (χ2v) is 4.46. The van der Waals surface area contributed by atoms with Crippen LogP contribution in [0.25, 0.3) is 0 Å². The monoisotopic (exact) mass is 229 g/mol. The van der Waals surface area contributed by atoms with Crippen LogP contribution >= 0.6 is 0 Å². The molecule has 1 fully saturated rings. The number of hydrogen-bond acceptors (Lipinski definition) is 3. The molecule has 1 amide bonds. The molecular formula is C12H23NO3. The summed E-state index contributed by atoms with van der Waals surface area (Å²) in [4.78, 5) is 13.7. The molecule has 1 rings (SSSR count). The number of rotatable bonds is 4. The van der Waals surface area contributed by atoms with E-state index in [1.165, 1.54) is 0 Å². The highest BCUT2D eigenvalue weighted by Crippen LogP contribution is 2.20. The zero-order valence-corrected chi connectivity index (χ0v) is 10.3. The number of carbonyl (C=O) groups excluding carboxylic acids is 1. The molecule has 0 aromatic rings. The van der Waals surface area contributed by atoms with Gasteiger partial charge in [0.2, 0.25) is 0 Å². The van der Waals surface area contributed by atoms with Crippen LogP contribution in [0.3, 0.4) is 0 Å². The lowest BCUT2D eigenvalue weighted by atomic mass is 10.0. The summed E-state index contributed by atoms with van der Waals surface area (Å²) in [6, 6.07) is 0.162. The SMILES string of the molecule is CC[C@H](C)OC(=O)N1CCCC[C@H]1CCO. The van der Waals surface area contributed by atoms with Gasteiger partial charge < -0.3 is 14.7 Å². The van der Waals surface area contributed by atoms with Gasteiger partial charge in [0, 0.05) is 19.2 Å². The van der Waals surface area contributed by atoms with Crippen LogP contribution in [0.15, 0.2) is 0 Å². The Kier molecular flexibility index (Phi) is 5.60. The molecule has 4 heteroatoms. The molecule has 1 aliphatic rings. The van der Waals surface area contributed by atoms with Crippen molar-refractivity contribution in [2.24, 2.45) is 0 Å². The molecule has 0 radical (unpaired) electrons. The maximum atomic E-state index is 11.9. The largest absolute Gasteiger partial charge is 0.446 e. The van der Waals surface area contributed by atoms with Gasteiger partial charge >= 0.3 is 6.09 Å². The minimum Gasteiger partial charge on any atom is -0.446 e. The number of aliphatic hydroxyl groups excluding tert-OH is 1. The summed E-state index contributed by atoms with van der Waals surface area (Å²) in [6.45, 7) is 4.81. The number of ether oxygens (including phenoxy) is 1. The van der Waals surface area contributed by atoms with E-state index in [1.54, 1.807) is 4.90 Å². The zero-order chi connectivity index (χ0) is 12.0. The summed E-state index contributed by atoms with van der Waals surface area (Å²) in [7, 11) is 0. The Hall–Kier alpha value is -0.770. The first-order chi connectivity index (χ1) is 7.69. The second-order valence-electron chi connectivity index (χ2n) is 4.46. The number of hydrogen-bond donors (Lipinski definition) is 1. The van der Waals surface area contributed by atoms with Gasteiger partial charge in [-0.25, -0.2) is 4.79 Å². The van der Waals surface area contributed by atoms with Gasteiger partial charge in [0.15, 0.2) is 0 Å². The molecule has 1 N–H and O–H groups in total. The van der Waals surface area contributed by atoms with Crippen LogP contribution in [0.2, 0.25) is 0 Å². The Morgan fingerprint density at radius 1 is 1.56 bits per heavy atom. The van der Waals surface area contributed by atoms with Crippen molar-refractivity contribution in [1.29, 1.82) is 0 Å². The van der Waals surface area contributed by atoms with Crippen molar-refractivity contribution >= 4 is 6.09 Å². The molecular weight excluding hydrogens is 206 g/mol. The fourth-order valence-electron chi connectivity index (χ4n) is 2.01. The predicted octanol–water partition coefficient (Wildman–Crippen LogP) is 2.16. The van der Waals surface area contributed by atoms with E-state index in [-0.39, 0.29) is 24.8 Å². The molecule has 0 saturated carbocycles. The fourth-order valence-corrected chi connectivity index (χ4v) is 2.01. The maximum Gasteiger partial charge on any atom is 0.410 e. The molecule has 0 aromatic heterocycles. The third-order valence-electron chi connectivity index (χ3n) is 3.20. The van der Waals surface area contributed by atoms with E-state index in [4.69, 9.17) is 9.84 Å². The van der Waals surface area contributed by atoms with Gasteiger partial charge in [0.25, 0.3) is 0 Å². The quantitative estimate of drug-likeness (QED) is 0.803. The summed E-state index contributed by atoms with van der Waals surface area (Å²) in [6.07, 6.45) is 4.42. The lowest BCUT2D eigenvalue weighted by Crippen LogP contribution is -2.45. The Balaban J connectivity index is 2.50. The van der Waals surface area contributed by atoms with E-state index in [0.29, 0.717) is 6.42 Å². The molecule has 94 valence electrons. The van der Waals surface area contributed by atoms with Crippen molar-refractivity contribution in [2.45, 2.75) is 58.1 Å². The molecule has 0 aromatic carbocycles. The van der Waals surface area contributed by atoms with Crippen LogP contribution < -0.4 is 0 Å². The first-order valence-electron chi connectivity index (χ1n) is 6.27. The van der Waals surface area contributed by atoms with Gasteiger partial charge in [0.1, 0.15) is 6.10 Å². The standard InChI is InChI=1S/C12H23NO3/c1-3-10(2)16-12(15)13-8-5-4-6-11(13)7-9-14/h10-11,14H,3-9H2,1-2H3/t10-,11-/m0/s1. The second kappa shape index (κ2) is 6.74. The van der Waals surface area contributed by atoms with Crippen LogP contribution in [0.1, 0.15) is 46.0 Å². The molecule has 1 saturated heterocycles. The summed E-state index contributed by atoms with van der Waals surface area (Å²) in [5, 5.41) is 8.97. The Morgan fingerprint density at radius 2 is 2.31 bits per heavy atom. The highest BCUT2D eigenvalue weighted by molar-refractivity contribution is 5.68. The van der Waals surface area contributed by atoms with E-state index in [2.05, 4.69) is 0 Å². The topological polar surface area (TPSA) is 49.8 Å². The third kappa shape index (κ3) is 3.67. The zero-order valence-electron chi connectivity index (χ0n) is 10.3. The van der Waals surface area contributed by atoms with Gasteiger partial charge in [-0.2, -0.15) is 0 Å². The summed E-state index contributed by atoms with van der Waals surface area (Å²) in [5.74, 6) is 0. The molecule has 0 bridgehead atoms. The average molecular weight is 229 g/mol. The van der Waals surface area contributed by atoms with Gasteiger partial charge in [-0.05, 0) is 39.0 Å². The molecule has 4 nitrogen and oxygen atoms in total. The van der Waals surface area contributed by atoms with Crippen molar-refractivity contribution in [3.63, 3.8) is 0 Å². The van der Waals surface area contributed by atoms with E-state index < -0.39 is 0 Å². The Morgan fingerprint density at radius 3 is 2.94 bits per heavy atom. The molecule has 0 spiro atoms. The summed E-state index contributed by atoms with van der Waals surface area (Å²) >= 11 is 0. The van der Waals surface area contributed by atoms with Crippen molar-refractivity contribution in [3.8, 4) is 0 Å². The molecule has 0 unspecified atom stereocenters. The molecule has 1 aliphatic heterocycles. The van der Waals surface area contributed by atoms with Crippen molar-refractivity contribution in [1.82, 2.24) is 4.90 Å². The van der Waals surface area contributed by atoms with E-state index >= 15 is 0 Å². The van der Waals surface area contributed by atoms with Crippen molar-refractivity contribution < 1.29 is 14.6 Å². The first-order valence-corrected chi connectivity index (χ1v) is 6.27. The highest BCUT2D eigenvalue weighted by atomic mass is 16.6. The first kappa shape index (κ1) is 13.3. The Bertz CT molecular complexity index is 218. The van der Waals surface area contributed by atoms with Crippen molar-refractivity contribution in [2.75, 3.05) is 13.2 Å². The lowest BCUT2D eigenvalue weighted by molar-refractivity contribution is 0.0413. The van der Waals surface area contributed by atoms with Gasteiger partial charge in [-0.15, -0.1) is 0 Å². The number of nitrogens with zero attached hydrogens (tertiary/aromatic N) is 1. The minimum atomic E-state index is -0.215. The Labute approximate surface area is 97.6 Å². The van der Waals surface area contributed by atoms with E-state index in [9.17, 15) is 4.79 Å². The van der Waals surface area contributed by atoms with Crippen LogP contribution in [0.4, 0.5) is 4.79 Å². The van der Waals surface area contributed by atoms with Gasteiger partial charge in [0.05, 0.1) is 0 Å². The number of carbonyl (C=O) groups is 1. The van der Waals surface area contributed by atoms with Gasteiger partial charge in [-0.1, -0.05) is 6.92 Å². The number of amides is 1. The fraction of sp³-hybridized carbons (Fsp3) is 0.917. The predicted molar refractivity (Wildman–Crippen MR) is 62.3 cm³/mol. The normalized spacial score (nSPS) is 22.9. The number of likely N-dealkylation sites (tertiary alicyclic amines) is 1. The lowest BCUT2D eigenvalue weighted by Gasteiger charge is -2.35. The maximum absolute atomic E-state index is 11.9. The van der Waals surface area contributed by atoms with E-state index in [1.807, 2.05) is 13.8 Å².